The van der Waals surface area contributed by atoms with E-state index in [1.165, 1.54) is 45.1 Å². The first kappa shape index (κ1) is 9.01. The lowest BCUT2D eigenvalue weighted by molar-refractivity contribution is 0.588. The van der Waals surface area contributed by atoms with Gasteiger partial charge in [-0.1, -0.05) is 12.8 Å². The maximum absolute atomic E-state index is 5.39. The molecule has 0 aliphatic heterocycles. The highest BCUT2D eigenvalue weighted by Crippen LogP contribution is 2.18. The fourth-order valence-electron chi connectivity index (χ4n) is 1.22. The molecule has 0 saturated heterocycles. The zero-order chi connectivity index (χ0) is 7.94. The van der Waals surface area contributed by atoms with E-state index >= 15 is 0 Å². The maximum Gasteiger partial charge on any atom is 0.00682 e. The molecule has 0 bridgehead atoms. The summed E-state index contributed by atoms with van der Waals surface area (Å²) in [5, 5.41) is 3.50. The van der Waals surface area contributed by atoms with Gasteiger partial charge in [-0.3, -0.25) is 0 Å². The lowest BCUT2D eigenvalue weighted by Crippen LogP contribution is -2.17. The largest absolute Gasteiger partial charge is 0.330 e. The fraction of sp³-hybridized carbons (Fsp3) is 1.00. The molecule has 2 nitrogen and oxygen atoms in total. The Kier molecular flexibility index (Phi) is 4.55. The standard InChI is InChI=1S/C9H20N2/c10-7-3-1-2-4-8-11-9-5-6-9/h9,11H,1-8,10H2. The minimum Gasteiger partial charge on any atom is -0.330 e. The van der Waals surface area contributed by atoms with Crippen molar-refractivity contribution in [1.29, 1.82) is 0 Å². The number of nitrogens with two attached hydrogens (primary N) is 1. The van der Waals surface area contributed by atoms with Crippen molar-refractivity contribution in [3.63, 3.8) is 0 Å². The summed E-state index contributed by atoms with van der Waals surface area (Å²) in [6.45, 7) is 2.07. The molecule has 11 heavy (non-hydrogen) atoms. The van der Waals surface area contributed by atoms with Crippen LogP contribution in [0.15, 0.2) is 0 Å². The van der Waals surface area contributed by atoms with Crippen LogP contribution in [0.25, 0.3) is 0 Å². The highest BCUT2D eigenvalue weighted by molar-refractivity contribution is 4.80. The quantitative estimate of drug-likeness (QED) is 0.545. The highest BCUT2D eigenvalue weighted by atomic mass is 14.9. The van der Waals surface area contributed by atoms with Crippen LogP contribution in [-0.2, 0) is 0 Å². The lowest BCUT2D eigenvalue weighted by atomic mass is 10.2. The molecule has 1 aliphatic rings. The second kappa shape index (κ2) is 5.56. The van der Waals surface area contributed by atoms with Crippen LogP contribution in [0.4, 0.5) is 0 Å². The van der Waals surface area contributed by atoms with Crippen molar-refractivity contribution >= 4 is 0 Å². The van der Waals surface area contributed by atoms with Crippen molar-refractivity contribution < 1.29 is 0 Å². The van der Waals surface area contributed by atoms with E-state index in [9.17, 15) is 0 Å². The predicted molar refractivity (Wildman–Crippen MR) is 48.5 cm³/mol. The Labute approximate surface area is 69.5 Å². The van der Waals surface area contributed by atoms with Crippen LogP contribution in [0.5, 0.6) is 0 Å². The topological polar surface area (TPSA) is 38.0 Å². The van der Waals surface area contributed by atoms with Gasteiger partial charge < -0.3 is 11.1 Å². The molecule has 0 aromatic rings. The summed E-state index contributed by atoms with van der Waals surface area (Å²) in [6.07, 6.45) is 7.99. The Balaban J connectivity index is 1.66. The summed E-state index contributed by atoms with van der Waals surface area (Å²) in [5.41, 5.74) is 5.39. The molecule has 0 atom stereocenters. The molecule has 1 fully saturated rings. The fourth-order valence-corrected chi connectivity index (χ4v) is 1.22. The minimum absolute atomic E-state index is 0.857. The third-order valence-corrected chi connectivity index (χ3v) is 2.14. The lowest BCUT2D eigenvalue weighted by Gasteiger charge is -2.01. The van der Waals surface area contributed by atoms with E-state index in [0.717, 1.165) is 12.6 Å². The van der Waals surface area contributed by atoms with Crippen LogP contribution in [0.1, 0.15) is 38.5 Å². The van der Waals surface area contributed by atoms with Crippen molar-refractivity contribution in [2.75, 3.05) is 13.1 Å². The van der Waals surface area contributed by atoms with Gasteiger partial charge in [-0.05, 0) is 38.8 Å². The van der Waals surface area contributed by atoms with Crippen LogP contribution in [0.3, 0.4) is 0 Å². The summed E-state index contributed by atoms with van der Waals surface area (Å²) in [5.74, 6) is 0. The first-order valence-electron chi connectivity index (χ1n) is 4.87. The van der Waals surface area contributed by atoms with Gasteiger partial charge in [0.25, 0.3) is 0 Å². The molecule has 0 aromatic heterocycles. The first-order chi connectivity index (χ1) is 5.43. The molecule has 0 heterocycles. The second-order valence-electron chi connectivity index (χ2n) is 3.43. The van der Waals surface area contributed by atoms with Gasteiger partial charge in [-0.2, -0.15) is 0 Å². The normalized spacial score (nSPS) is 17.2. The summed E-state index contributed by atoms with van der Waals surface area (Å²) < 4.78 is 0. The minimum atomic E-state index is 0.857. The third-order valence-electron chi connectivity index (χ3n) is 2.14. The Bertz CT molecular complexity index is 89.6. The van der Waals surface area contributed by atoms with E-state index < -0.39 is 0 Å². The predicted octanol–water partition coefficient (Wildman–Crippen LogP) is 1.26. The molecule has 1 rings (SSSR count). The van der Waals surface area contributed by atoms with Crippen molar-refractivity contribution in [3.05, 3.63) is 0 Å². The molecule has 0 radical (unpaired) electrons. The number of hydrogen-bond acceptors (Lipinski definition) is 2. The van der Waals surface area contributed by atoms with Gasteiger partial charge in [-0.25, -0.2) is 0 Å². The molecule has 0 unspecified atom stereocenters. The van der Waals surface area contributed by atoms with E-state index in [-0.39, 0.29) is 0 Å². The average Bonchev–Trinajstić information content (AvgIpc) is 2.80. The second-order valence-corrected chi connectivity index (χ2v) is 3.43. The van der Waals surface area contributed by atoms with Gasteiger partial charge in [0.05, 0.1) is 0 Å². The smallest absolute Gasteiger partial charge is 0.00682 e. The van der Waals surface area contributed by atoms with Crippen LogP contribution < -0.4 is 11.1 Å². The molecule has 0 spiro atoms. The van der Waals surface area contributed by atoms with Gasteiger partial charge in [0.1, 0.15) is 0 Å². The average molecular weight is 156 g/mol. The van der Waals surface area contributed by atoms with Crippen molar-refractivity contribution in [3.8, 4) is 0 Å². The Morgan fingerprint density at radius 3 is 2.45 bits per heavy atom. The SMILES string of the molecule is NCCCCCCNC1CC1. The summed E-state index contributed by atoms with van der Waals surface area (Å²) >= 11 is 0. The van der Waals surface area contributed by atoms with Crippen molar-refractivity contribution in [2.45, 2.75) is 44.6 Å². The van der Waals surface area contributed by atoms with Gasteiger partial charge in [0.15, 0.2) is 0 Å². The van der Waals surface area contributed by atoms with E-state index in [0.29, 0.717) is 0 Å². The molecular weight excluding hydrogens is 136 g/mol. The van der Waals surface area contributed by atoms with Gasteiger partial charge in [-0.15, -0.1) is 0 Å². The molecule has 0 aromatic carbocycles. The number of unbranched alkanes of at least 4 members (excludes halogenated alkanes) is 3. The number of nitrogens with one attached hydrogen (secondary N) is 1. The van der Waals surface area contributed by atoms with E-state index in [2.05, 4.69) is 5.32 Å². The van der Waals surface area contributed by atoms with Crippen LogP contribution in [-0.4, -0.2) is 19.1 Å². The van der Waals surface area contributed by atoms with Crippen LogP contribution >= 0.6 is 0 Å². The zero-order valence-electron chi connectivity index (χ0n) is 7.31. The molecule has 2 heteroatoms. The molecule has 0 amide bonds. The monoisotopic (exact) mass is 156 g/mol. The Morgan fingerprint density at radius 2 is 1.82 bits per heavy atom. The number of hydrogen-bond donors (Lipinski definition) is 2. The summed E-state index contributed by atoms with van der Waals surface area (Å²) in [4.78, 5) is 0. The maximum atomic E-state index is 5.39. The molecule has 66 valence electrons. The first-order valence-corrected chi connectivity index (χ1v) is 4.87. The molecule has 1 aliphatic carbocycles. The van der Waals surface area contributed by atoms with Crippen molar-refractivity contribution in [1.82, 2.24) is 5.32 Å². The molecular formula is C9H20N2. The summed E-state index contributed by atoms with van der Waals surface area (Å²) in [6, 6.07) is 0.879. The highest BCUT2D eigenvalue weighted by Gasteiger charge is 2.19. The van der Waals surface area contributed by atoms with Crippen LogP contribution in [0, 0.1) is 0 Å². The Hall–Kier alpha value is -0.0800. The van der Waals surface area contributed by atoms with Gasteiger partial charge in [0, 0.05) is 6.04 Å². The van der Waals surface area contributed by atoms with Gasteiger partial charge in [0.2, 0.25) is 0 Å². The zero-order valence-corrected chi connectivity index (χ0v) is 7.31. The Morgan fingerprint density at radius 1 is 1.09 bits per heavy atom. The van der Waals surface area contributed by atoms with E-state index in [1.54, 1.807) is 0 Å². The van der Waals surface area contributed by atoms with Crippen LogP contribution in [0.2, 0.25) is 0 Å². The third kappa shape index (κ3) is 5.22. The van der Waals surface area contributed by atoms with Crippen molar-refractivity contribution in [2.24, 2.45) is 5.73 Å². The van der Waals surface area contributed by atoms with Gasteiger partial charge >= 0.3 is 0 Å². The summed E-state index contributed by atoms with van der Waals surface area (Å²) in [7, 11) is 0. The van der Waals surface area contributed by atoms with E-state index in [4.69, 9.17) is 5.73 Å². The number of rotatable bonds is 7. The molecule has 3 N–H and O–H groups in total. The van der Waals surface area contributed by atoms with E-state index in [1.807, 2.05) is 0 Å². The molecule has 1 saturated carbocycles.